The molecule has 208 valence electrons. The van der Waals surface area contributed by atoms with E-state index in [1.807, 2.05) is 24.3 Å². The first-order valence-corrected chi connectivity index (χ1v) is 13.4. The summed E-state index contributed by atoms with van der Waals surface area (Å²) in [5, 5.41) is 9.42. The van der Waals surface area contributed by atoms with Gasteiger partial charge in [-0.15, -0.1) is 0 Å². The summed E-state index contributed by atoms with van der Waals surface area (Å²) >= 11 is 5.93. The third-order valence-corrected chi connectivity index (χ3v) is 7.48. The van der Waals surface area contributed by atoms with Crippen molar-refractivity contribution >= 4 is 34.8 Å². The molecular formula is C31H27ClF4N2O2. The standard InChI is InChI=1S/C31H27ClF4N2O2/c32-24-15-27(31(34,35)36)29(37-16-24)26-4-1-3-22-14-23(30(39)40)9-10-25(22)28(26)21-7-5-19(6-8-21)13-20-17-38(18-20)12-2-11-33/h5-10,13-16H,1-4,11-12,17-18H2,(H,39,40). The molecule has 1 saturated heterocycles. The Morgan fingerprint density at radius 3 is 2.50 bits per heavy atom. The number of hydrogen-bond acceptors (Lipinski definition) is 3. The number of aryl methyl sites for hydroxylation is 1. The molecule has 5 rings (SSSR count). The Morgan fingerprint density at radius 2 is 1.82 bits per heavy atom. The molecule has 40 heavy (non-hydrogen) atoms. The van der Waals surface area contributed by atoms with Crippen LogP contribution in [-0.4, -0.2) is 47.3 Å². The molecule has 0 radical (unpaired) electrons. The van der Waals surface area contributed by atoms with Gasteiger partial charge >= 0.3 is 12.1 Å². The van der Waals surface area contributed by atoms with Crippen LogP contribution in [0.4, 0.5) is 17.6 Å². The Bertz CT molecular complexity index is 1490. The number of pyridine rings is 1. The average Bonchev–Trinajstić information content (AvgIpc) is 3.09. The molecule has 0 unspecified atom stereocenters. The minimum absolute atomic E-state index is 0.102. The fourth-order valence-corrected chi connectivity index (χ4v) is 5.58. The molecule has 1 aliphatic carbocycles. The summed E-state index contributed by atoms with van der Waals surface area (Å²) in [6.45, 7) is 1.98. The maximum atomic E-state index is 14.1. The number of carbonyl (C=O) groups is 1. The first-order chi connectivity index (χ1) is 19.1. The summed E-state index contributed by atoms with van der Waals surface area (Å²) in [6, 6.07) is 13.3. The van der Waals surface area contributed by atoms with Crippen molar-refractivity contribution in [2.24, 2.45) is 0 Å². The molecule has 1 fully saturated rings. The van der Waals surface area contributed by atoms with Crippen molar-refractivity contribution in [2.45, 2.75) is 31.9 Å². The van der Waals surface area contributed by atoms with Gasteiger partial charge in [-0.2, -0.15) is 13.2 Å². The molecule has 1 aromatic heterocycles. The number of benzene rings is 2. The zero-order valence-corrected chi connectivity index (χ0v) is 22.3. The van der Waals surface area contributed by atoms with Crippen LogP contribution in [0.3, 0.4) is 0 Å². The minimum Gasteiger partial charge on any atom is -0.478 e. The molecular weight excluding hydrogens is 544 g/mol. The number of rotatable bonds is 7. The van der Waals surface area contributed by atoms with Crippen molar-refractivity contribution in [1.82, 2.24) is 9.88 Å². The van der Waals surface area contributed by atoms with E-state index in [1.54, 1.807) is 12.1 Å². The summed E-state index contributed by atoms with van der Waals surface area (Å²) < 4.78 is 54.9. The normalized spacial score (nSPS) is 15.9. The predicted molar refractivity (Wildman–Crippen MR) is 148 cm³/mol. The van der Waals surface area contributed by atoms with Gasteiger partial charge in [0.05, 0.1) is 28.5 Å². The third kappa shape index (κ3) is 5.98. The second-order valence-corrected chi connectivity index (χ2v) is 10.5. The number of nitrogens with zero attached hydrogens (tertiary/aromatic N) is 2. The van der Waals surface area contributed by atoms with Crippen LogP contribution in [0.5, 0.6) is 0 Å². The maximum absolute atomic E-state index is 14.1. The van der Waals surface area contributed by atoms with E-state index in [1.165, 1.54) is 17.8 Å². The van der Waals surface area contributed by atoms with Crippen molar-refractivity contribution in [1.29, 1.82) is 0 Å². The number of likely N-dealkylation sites (tertiary alicyclic amines) is 1. The van der Waals surface area contributed by atoms with Crippen LogP contribution >= 0.6 is 11.6 Å². The van der Waals surface area contributed by atoms with Gasteiger partial charge in [0.1, 0.15) is 0 Å². The second-order valence-electron chi connectivity index (χ2n) is 10.1. The topological polar surface area (TPSA) is 53.4 Å². The molecule has 9 heteroatoms. The molecule has 0 amide bonds. The lowest BCUT2D eigenvalue weighted by Gasteiger charge is -2.33. The highest BCUT2D eigenvalue weighted by Crippen LogP contribution is 2.44. The maximum Gasteiger partial charge on any atom is 0.418 e. The molecule has 2 heterocycles. The lowest BCUT2D eigenvalue weighted by molar-refractivity contribution is -0.138. The number of allylic oxidation sites excluding steroid dienone is 1. The molecule has 0 atom stereocenters. The number of alkyl halides is 4. The van der Waals surface area contributed by atoms with E-state index in [2.05, 4.69) is 16.0 Å². The number of halogens is 5. The fourth-order valence-electron chi connectivity index (χ4n) is 5.43. The molecule has 1 N–H and O–H groups in total. The highest BCUT2D eigenvalue weighted by molar-refractivity contribution is 6.30. The van der Waals surface area contributed by atoms with Gasteiger partial charge in [-0.05, 0) is 82.9 Å². The Morgan fingerprint density at radius 1 is 1.07 bits per heavy atom. The predicted octanol–water partition coefficient (Wildman–Crippen LogP) is 7.81. The summed E-state index contributed by atoms with van der Waals surface area (Å²) in [4.78, 5) is 18.0. The molecule has 0 spiro atoms. The molecule has 3 aromatic rings. The van der Waals surface area contributed by atoms with Gasteiger partial charge in [0, 0.05) is 25.8 Å². The van der Waals surface area contributed by atoms with Gasteiger partial charge in [0.25, 0.3) is 0 Å². The number of fused-ring (bicyclic) bond motifs is 1. The SMILES string of the molecule is O=C(O)c1ccc2c(c1)CCCC(c1ncc(Cl)cc1C(F)(F)F)=C2c1ccc(C=C2CN(CCCF)C2)cc1. The van der Waals surface area contributed by atoms with Crippen molar-refractivity contribution in [3.63, 3.8) is 0 Å². The second kappa shape index (κ2) is 11.6. The molecule has 2 aliphatic rings. The quantitative estimate of drug-likeness (QED) is 0.294. The molecule has 1 aliphatic heterocycles. The van der Waals surface area contributed by atoms with E-state index in [0.717, 1.165) is 36.8 Å². The lowest BCUT2D eigenvalue weighted by Crippen LogP contribution is -2.40. The van der Waals surface area contributed by atoms with Crippen LogP contribution in [0.25, 0.3) is 17.2 Å². The summed E-state index contributed by atoms with van der Waals surface area (Å²) in [5.41, 5.74) is 4.46. The monoisotopic (exact) mass is 570 g/mol. The van der Waals surface area contributed by atoms with E-state index >= 15 is 0 Å². The Labute approximate surface area is 234 Å². The summed E-state index contributed by atoms with van der Waals surface area (Å²) in [5.74, 6) is -1.06. The fraction of sp³-hybridized carbons (Fsp3) is 0.290. The van der Waals surface area contributed by atoms with Gasteiger partial charge in [0.15, 0.2) is 0 Å². The van der Waals surface area contributed by atoms with Crippen LogP contribution < -0.4 is 0 Å². The summed E-state index contributed by atoms with van der Waals surface area (Å²) in [7, 11) is 0. The lowest BCUT2D eigenvalue weighted by atomic mass is 9.87. The van der Waals surface area contributed by atoms with E-state index in [4.69, 9.17) is 11.6 Å². The van der Waals surface area contributed by atoms with Crippen molar-refractivity contribution in [3.05, 3.63) is 104 Å². The van der Waals surface area contributed by atoms with Crippen molar-refractivity contribution < 1.29 is 27.5 Å². The molecule has 0 bridgehead atoms. The van der Waals surface area contributed by atoms with Crippen LogP contribution in [0.15, 0.2) is 60.3 Å². The van der Waals surface area contributed by atoms with Gasteiger partial charge in [-0.1, -0.05) is 48.0 Å². The number of hydrogen-bond donors (Lipinski definition) is 1. The number of carboxylic acids is 1. The van der Waals surface area contributed by atoms with Crippen LogP contribution in [0.1, 0.15) is 63.1 Å². The third-order valence-electron chi connectivity index (χ3n) is 7.27. The summed E-state index contributed by atoms with van der Waals surface area (Å²) in [6.07, 6.45) is 0.526. The van der Waals surface area contributed by atoms with Crippen molar-refractivity contribution in [2.75, 3.05) is 26.3 Å². The molecule has 0 saturated carbocycles. The van der Waals surface area contributed by atoms with E-state index in [9.17, 15) is 27.5 Å². The Balaban J connectivity index is 1.61. The number of aromatic carboxylic acids is 1. The van der Waals surface area contributed by atoms with Gasteiger partial charge in [0.2, 0.25) is 0 Å². The van der Waals surface area contributed by atoms with Gasteiger partial charge in [-0.25, -0.2) is 4.79 Å². The van der Waals surface area contributed by atoms with Crippen LogP contribution in [-0.2, 0) is 12.6 Å². The first-order valence-electron chi connectivity index (χ1n) is 13.0. The highest BCUT2D eigenvalue weighted by Gasteiger charge is 2.36. The molecule has 2 aromatic carbocycles. The highest BCUT2D eigenvalue weighted by atomic mass is 35.5. The van der Waals surface area contributed by atoms with Crippen molar-refractivity contribution in [3.8, 4) is 0 Å². The van der Waals surface area contributed by atoms with Gasteiger partial charge < -0.3 is 5.11 Å². The zero-order chi connectivity index (χ0) is 28.4. The van der Waals surface area contributed by atoms with E-state index < -0.39 is 17.7 Å². The Kier molecular flexibility index (Phi) is 8.10. The first kappa shape index (κ1) is 28.1. The van der Waals surface area contributed by atoms with E-state index in [-0.39, 0.29) is 23.0 Å². The molecule has 4 nitrogen and oxygen atoms in total. The van der Waals surface area contributed by atoms with Crippen LogP contribution in [0.2, 0.25) is 5.02 Å². The van der Waals surface area contributed by atoms with Gasteiger partial charge in [-0.3, -0.25) is 14.3 Å². The smallest absolute Gasteiger partial charge is 0.418 e. The minimum atomic E-state index is -4.66. The van der Waals surface area contributed by atoms with E-state index in [0.29, 0.717) is 48.0 Å². The Hall–Kier alpha value is -3.49. The number of aromatic nitrogens is 1. The van der Waals surface area contributed by atoms with Crippen LogP contribution in [0, 0.1) is 0 Å². The number of carboxylic acid groups (broad SMARTS) is 1. The average molecular weight is 571 g/mol. The largest absolute Gasteiger partial charge is 0.478 e. The zero-order valence-electron chi connectivity index (χ0n) is 21.6.